The summed E-state index contributed by atoms with van der Waals surface area (Å²) in [6.07, 6.45) is 1.25. The lowest BCUT2D eigenvalue weighted by Crippen LogP contribution is -2.09. The first kappa shape index (κ1) is 24.5. The van der Waals surface area contributed by atoms with Crippen LogP contribution in [0.5, 0.6) is 17.2 Å². The third kappa shape index (κ3) is 4.43. The van der Waals surface area contributed by atoms with Crippen LogP contribution in [0.3, 0.4) is 0 Å². The van der Waals surface area contributed by atoms with Crippen LogP contribution in [0.25, 0.3) is 28.4 Å². The number of ketones is 1. The molecule has 6 nitrogen and oxygen atoms in total. The van der Waals surface area contributed by atoms with E-state index in [9.17, 15) is 14.0 Å². The lowest BCUT2D eigenvalue weighted by molar-refractivity contribution is 0.0736. The van der Waals surface area contributed by atoms with Crippen molar-refractivity contribution in [2.24, 2.45) is 0 Å². The molecule has 0 bridgehead atoms. The van der Waals surface area contributed by atoms with Gasteiger partial charge in [0.2, 0.25) is 5.78 Å². The van der Waals surface area contributed by atoms with Crippen molar-refractivity contribution >= 4 is 40.4 Å². The third-order valence-corrected chi connectivity index (χ3v) is 6.59. The van der Waals surface area contributed by atoms with E-state index in [4.69, 9.17) is 30.2 Å². The fraction of sp³-hybridized carbons (Fsp3) is 0.0323. The maximum absolute atomic E-state index is 14.2. The summed E-state index contributed by atoms with van der Waals surface area (Å²) in [7, 11) is 1.53. The van der Waals surface area contributed by atoms with E-state index >= 15 is 0 Å². The highest BCUT2D eigenvalue weighted by atomic mass is 35.5. The summed E-state index contributed by atoms with van der Waals surface area (Å²) in [5.74, 6) is -0.575. The molecule has 0 radical (unpaired) electrons. The van der Waals surface area contributed by atoms with Crippen molar-refractivity contribution in [1.29, 1.82) is 0 Å². The van der Waals surface area contributed by atoms with Crippen LogP contribution in [0, 0.1) is 5.82 Å². The molecule has 0 amide bonds. The number of Topliss-reactive ketones (excluding diaryl/α,β-unsaturated/α-hetero) is 1. The highest BCUT2D eigenvalue weighted by Gasteiger charge is 2.30. The maximum Gasteiger partial charge on any atom is 0.348 e. The Morgan fingerprint density at radius 2 is 1.74 bits per heavy atom. The molecule has 1 aliphatic heterocycles. The second kappa shape index (κ2) is 9.78. The van der Waals surface area contributed by atoms with E-state index in [0.717, 1.165) is 0 Å². The number of benzene rings is 4. The van der Waals surface area contributed by atoms with Gasteiger partial charge in [0.15, 0.2) is 5.76 Å². The standard InChI is InChI=1S/C31H18ClFO6/c1-36-18-11-13-25-22(14-18)28(30(39-25)17-6-3-2-4-7-17)31(35)37-19-10-12-20-26(15-19)38-27(29(20)34)16-21-23(32)8-5-9-24(21)33/h2-16H,1H3. The number of carbonyl (C=O) groups is 2. The smallest absolute Gasteiger partial charge is 0.348 e. The normalized spacial score (nSPS) is 13.4. The van der Waals surface area contributed by atoms with Crippen LogP contribution in [-0.4, -0.2) is 18.9 Å². The Hall–Kier alpha value is -4.88. The first-order chi connectivity index (χ1) is 18.9. The molecule has 0 atom stereocenters. The van der Waals surface area contributed by atoms with E-state index in [2.05, 4.69) is 0 Å². The van der Waals surface area contributed by atoms with Gasteiger partial charge in [0.25, 0.3) is 0 Å². The van der Waals surface area contributed by atoms with Gasteiger partial charge in [0, 0.05) is 22.6 Å². The Bertz CT molecular complexity index is 1790. The molecular formula is C31H18ClFO6. The van der Waals surface area contributed by atoms with Crippen molar-refractivity contribution in [2.75, 3.05) is 7.11 Å². The average Bonchev–Trinajstić information content (AvgIpc) is 3.48. The zero-order valence-electron chi connectivity index (χ0n) is 20.4. The Labute approximate surface area is 226 Å². The van der Waals surface area contributed by atoms with Gasteiger partial charge >= 0.3 is 5.97 Å². The van der Waals surface area contributed by atoms with Crippen LogP contribution in [0.1, 0.15) is 26.3 Å². The molecule has 1 aliphatic rings. The van der Waals surface area contributed by atoms with E-state index in [1.165, 1.54) is 49.6 Å². The van der Waals surface area contributed by atoms with Crippen molar-refractivity contribution in [2.45, 2.75) is 0 Å². The van der Waals surface area contributed by atoms with E-state index in [1.54, 1.807) is 18.2 Å². The van der Waals surface area contributed by atoms with Crippen LogP contribution in [-0.2, 0) is 0 Å². The van der Waals surface area contributed by atoms with E-state index in [1.807, 2.05) is 30.3 Å². The van der Waals surface area contributed by atoms with Gasteiger partial charge in [-0.15, -0.1) is 0 Å². The summed E-state index contributed by atoms with van der Waals surface area (Å²) in [5, 5.41) is 0.667. The van der Waals surface area contributed by atoms with Crippen LogP contribution in [0.15, 0.2) is 95.1 Å². The van der Waals surface area contributed by atoms with Gasteiger partial charge in [-0.3, -0.25) is 4.79 Å². The highest BCUT2D eigenvalue weighted by molar-refractivity contribution is 6.32. The number of hydrogen-bond acceptors (Lipinski definition) is 6. The maximum atomic E-state index is 14.2. The predicted octanol–water partition coefficient (Wildman–Crippen LogP) is 7.74. The summed E-state index contributed by atoms with van der Waals surface area (Å²) >= 11 is 6.09. The first-order valence-corrected chi connectivity index (χ1v) is 12.2. The van der Waals surface area contributed by atoms with Crippen molar-refractivity contribution in [1.82, 2.24) is 0 Å². The number of ether oxygens (including phenoxy) is 3. The predicted molar refractivity (Wildman–Crippen MR) is 144 cm³/mol. The number of esters is 1. The molecule has 1 aromatic heterocycles. The zero-order valence-corrected chi connectivity index (χ0v) is 21.1. The topological polar surface area (TPSA) is 75.0 Å². The van der Waals surface area contributed by atoms with Gasteiger partial charge in [-0.25, -0.2) is 9.18 Å². The summed E-state index contributed by atoms with van der Waals surface area (Å²) < 4.78 is 37.1. The summed E-state index contributed by atoms with van der Waals surface area (Å²) in [5.41, 5.74) is 1.70. The molecular weight excluding hydrogens is 523 g/mol. The summed E-state index contributed by atoms with van der Waals surface area (Å²) in [6.45, 7) is 0. The fourth-order valence-electron chi connectivity index (χ4n) is 4.37. The lowest BCUT2D eigenvalue weighted by atomic mass is 10.1. The minimum Gasteiger partial charge on any atom is -0.497 e. The molecule has 8 heteroatoms. The molecule has 192 valence electrons. The number of halogens is 2. The van der Waals surface area contributed by atoms with Gasteiger partial charge in [0.1, 0.15) is 40.0 Å². The average molecular weight is 541 g/mol. The largest absolute Gasteiger partial charge is 0.497 e. The van der Waals surface area contributed by atoms with Gasteiger partial charge in [0.05, 0.1) is 17.7 Å². The molecule has 39 heavy (non-hydrogen) atoms. The minimum absolute atomic E-state index is 0.0395. The SMILES string of the molecule is COc1ccc2oc(-c3ccccc3)c(C(=O)Oc3ccc4c(c3)OC(=Cc3c(F)cccc3Cl)C4=O)c2c1. The second-order valence-electron chi connectivity index (χ2n) is 8.66. The summed E-state index contributed by atoms with van der Waals surface area (Å²) in [4.78, 5) is 26.4. The zero-order chi connectivity index (χ0) is 27.1. The van der Waals surface area contributed by atoms with E-state index < -0.39 is 17.6 Å². The van der Waals surface area contributed by atoms with Crippen LogP contribution in [0.4, 0.5) is 4.39 Å². The molecule has 0 saturated carbocycles. The lowest BCUT2D eigenvalue weighted by Gasteiger charge is -2.07. The Balaban J connectivity index is 1.34. The van der Waals surface area contributed by atoms with Gasteiger partial charge in [-0.2, -0.15) is 0 Å². The minimum atomic E-state index is -0.668. The number of fused-ring (bicyclic) bond motifs is 2. The van der Waals surface area contributed by atoms with Crippen LogP contribution >= 0.6 is 11.6 Å². The summed E-state index contributed by atoms with van der Waals surface area (Å²) in [6, 6.07) is 23.0. The number of carbonyl (C=O) groups excluding carboxylic acids is 2. The number of hydrogen-bond donors (Lipinski definition) is 0. The molecule has 6 rings (SSSR count). The van der Waals surface area contributed by atoms with E-state index in [-0.39, 0.29) is 39.0 Å². The molecule has 5 aromatic rings. The molecule has 0 saturated heterocycles. The number of methoxy groups -OCH3 is 1. The number of allylic oxidation sites excluding steroid dienone is 1. The number of furan rings is 1. The molecule has 2 heterocycles. The van der Waals surface area contributed by atoms with E-state index in [0.29, 0.717) is 28.0 Å². The molecule has 4 aromatic carbocycles. The molecule has 0 N–H and O–H groups in total. The quantitative estimate of drug-likeness (QED) is 0.129. The van der Waals surface area contributed by atoms with Crippen LogP contribution in [0.2, 0.25) is 5.02 Å². The number of rotatable bonds is 5. The van der Waals surface area contributed by atoms with Gasteiger partial charge in [-0.1, -0.05) is 48.0 Å². The van der Waals surface area contributed by atoms with Gasteiger partial charge in [-0.05, 0) is 48.5 Å². The fourth-order valence-corrected chi connectivity index (χ4v) is 4.59. The van der Waals surface area contributed by atoms with Crippen molar-refractivity contribution in [3.05, 3.63) is 118 Å². The van der Waals surface area contributed by atoms with Gasteiger partial charge < -0.3 is 18.6 Å². The molecule has 0 aliphatic carbocycles. The third-order valence-electron chi connectivity index (χ3n) is 6.26. The van der Waals surface area contributed by atoms with Crippen LogP contribution < -0.4 is 14.2 Å². The first-order valence-electron chi connectivity index (χ1n) is 11.8. The molecule has 0 fully saturated rings. The molecule has 0 spiro atoms. The Morgan fingerprint density at radius 1 is 0.949 bits per heavy atom. The van der Waals surface area contributed by atoms with Crippen molar-refractivity contribution in [3.8, 4) is 28.6 Å². The Kier molecular flexibility index (Phi) is 6.13. The highest BCUT2D eigenvalue weighted by Crippen LogP contribution is 2.38. The van der Waals surface area contributed by atoms with Crippen molar-refractivity contribution < 1.29 is 32.6 Å². The second-order valence-corrected chi connectivity index (χ2v) is 9.06. The molecule has 0 unspecified atom stereocenters. The monoisotopic (exact) mass is 540 g/mol. The Morgan fingerprint density at radius 3 is 2.51 bits per heavy atom. The van der Waals surface area contributed by atoms with Crippen molar-refractivity contribution in [3.63, 3.8) is 0 Å².